The molecule has 7 rings (SSSR count). The van der Waals surface area contributed by atoms with E-state index in [2.05, 4.69) is 45.0 Å². The van der Waals surface area contributed by atoms with E-state index in [-0.39, 0.29) is 57.3 Å². The van der Waals surface area contributed by atoms with Gasteiger partial charge in [0, 0.05) is 76.0 Å². The molecule has 2 aliphatic heterocycles. The number of amides is 4. The number of aliphatic hydroxyl groups is 1. The molecule has 68 heavy (non-hydrogen) atoms. The van der Waals surface area contributed by atoms with Crippen LogP contribution in [0.3, 0.4) is 0 Å². The van der Waals surface area contributed by atoms with Crippen molar-refractivity contribution in [1.29, 1.82) is 0 Å². The zero-order valence-corrected chi connectivity index (χ0v) is 42.5. The molecular formula is C48H58ClN9O7S3. The summed E-state index contributed by atoms with van der Waals surface area (Å²) in [5.74, 6) is 0.125. The van der Waals surface area contributed by atoms with Crippen LogP contribution in [0.15, 0.2) is 59.0 Å². The lowest BCUT2D eigenvalue weighted by molar-refractivity contribution is -0.144. The molecule has 4 N–H and O–H groups in total. The minimum Gasteiger partial charge on any atom is -0.391 e. The smallest absolute Gasteiger partial charge is 0.246 e. The highest BCUT2D eigenvalue weighted by Gasteiger charge is 2.44. The van der Waals surface area contributed by atoms with E-state index in [9.17, 15) is 28.5 Å². The summed E-state index contributed by atoms with van der Waals surface area (Å²) in [7, 11) is -1.28. The van der Waals surface area contributed by atoms with Gasteiger partial charge in [-0.25, -0.2) is 4.98 Å². The summed E-state index contributed by atoms with van der Waals surface area (Å²) in [6, 6.07) is 12.8. The molecule has 16 nitrogen and oxygen atoms in total. The van der Waals surface area contributed by atoms with Crippen molar-refractivity contribution in [3.63, 3.8) is 0 Å². The van der Waals surface area contributed by atoms with E-state index in [0.717, 1.165) is 54.0 Å². The predicted octanol–water partition coefficient (Wildman–Crippen LogP) is 5.70. The number of carbonyl (C=O) groups is 4. The van der Waals surface area contributed by atoms with Crippen molar-refractivity contribution in [2.45, 2.75) is 98.5 Å². The summed E-state index contributed by atoms with van der Waals surface area (Å²) < 4.78 is 20.5. The number of nitrogens with one attached hydrogen (secondary N) is 3. The number of thiazole rings is 1. The average Bonchev–Trinajstić information content (AvgIpc) is 4.06. The van der Waals surface area contributed by atoms with Crippen molar-refractivity contribution in [2.75, 3.05) is 37.8 Å². The van der Waals surface area contributed by atoms with E-state index in [4.69, 9.17) is 21.3 Å². The van der Waals surface area contributed by atoms with Crippen LogP contribution in [0.2, 0.25) is 5.02 Å². The molecule has 4 amide bonds. The van der Waals surface area contributed by atoms with Crippen molar-refractivity contribution in [2.24, 2.45) is 10.4 Å². The third-order valence-electron chi connectivity index (χ3n) is 12.0. The number of thiophene rings is 1. The van der Waals surface area contributed by atoms with Crippen LogP contribution >= 0.6 is 34.3 Å². The van der Waals surface area contributed by atoms with Gasteiger partial charge in [0.15, 0.2) is 5.82 Å². The highest BCUT2D eigenvalue weighted by atomic mass is 35.5. The average molecular weight is 1000 g/mol. The SMILES string of the molecule is Cc1ncsc1-c1ccc(CNC(=O)[C@@H]2CC(O)CN2C(=O)[C@@H](NC(=O)COCCCS(=O)CCNC(=O)CC2N=C(c3ccc(Cl)cc3)c3c(sc(C)c3C)-n3c(C)nnc32)C(C)(C)C)cc1. The number of ether oxygens (including phenoxy) is 1. The number of halogens is 1. The first-order valence-electron chi connectivity index (χ1n) is 22.5. The fourth-order valence-electron chi connectivity index (χ4n) is 8.26. The number of aromatic nitrogens is 4. The second-order valence-electron chi connectivity index (χ2n) is 18.2. The van der Waals surface area contributed by atoms with Gasteiger partial charge in [-0.1, -0.05) is 68.8 Å². The molecule has 3 unspecified atom stereocenters. The molecule has 5 aromatic rings. The highest BCUT2D eigenvalue weighted by Crippen LogP contribution is 2.40. The van der Waals surface area contributed by atoms with Crippen LogP contribution in [0.1, 0.15) is 90.5 Å². The van der Waals surface area contributed by atoms with Crippen LogP contribution in [-0.4, -0.2) is 119 Å². The fraction of sp³-hybridized carbons (Fsp3) is 0.458. The number of hydrogen-bond donors (Lipinski definition) is 4. The van der Waals surface area contributed by atoms with Gasteiger partial charge in [0.1, 0.15) is 35.6 Å². The summed E-state index contributed by atoms with van der Waals surface area (Å²) in [6.45, 7) is 13.6. The number of aliphatic hydroxyl groups excluding tert-OH is 1. The van der Waals surface area contributed by atoms with Crippen LogP contribution in [0.5, 0.6) is 0 Å². The maximum atomic E-state index is 14.0. The maximum Gasteiger partial charge on any atom is 0.246 e. The van der Waals surface area contributed by atoms with E-state index in [1.54, 1.807) is 28.2 Å². The van der Waals surface area contributed by atoms with Gasteiger partial charge in [-0.3, -0.25) is 32.9 Å². The first-order chi connectivity index (χ1) is 32.4. The normalized spacial score (nSPS) is 17.7. The zero-order valence-electron chi connectivity index (χ0n) is 39.3. The topological polar surface area (TPSA) is 210 Å². The molecule has 1 fully saturated rings. The molecule has 1 saturated heterocycles. The molecule has 0 aliphatic carbocycles. The van der Waals surface area contributed by atoms with Crippen molar-refractivity contribution >= 4 is 74.4 Å². The van der Waals surface area contributed by atoms with Crippen LogP contribution in [0.25, 0.3) is 15.4 Å². The molecule has 362 valence electrons. The number of carbonyl (C=O) groups excluding carboxylic acids is 4. The number of β-amino-alcohol motifs (C(OH)–C–C–N with tert-alkyl or cyclic N) is 1. The minimum atomic E-state index is -1.28. The maximum absolute atomic E-state index is 14.0. The molecular weight excluding hydrogens is 946 g/mol. The lowest BCUT2D eigenvalue weighted by Crippen LogP contribution is -2.58. The number of fused-ring (bicyclic) bond motifs is 3. The van der Waals surface area contributed by atoms with Gasteiger partial charge in [-0.15, -0.1) is 32.9 Å². The lowest BCUT2D eigenvalue weighted by atomic mass is 9.85. The van der Waals surface area contributed by atoms with Crippen LogP contribution in [0, 0.1) is 33.1 Å². The Morgan fingerprint density at radius 2 is 1.69 bits per heavy atom. The number of nitrogens with zero attached hydrogens (tertiary/aromatic N) is 6. The Morgan fingerprint density at radius 1 is 0.971 bits per heavy atom. The molecule has 0 bridgehead atoms. The molecule has 5 heterocycles. The van der Waals surface area contributed by atoms with Crippen LogP contribution in [0.4, 0.5) is 0 Å². The Bertz CT molecular complexity index is 2690. The zero-order chi connectivity index (χ0) is 48.9. The minimum absolute atomic E-state index is 0.00711. The first-order valence-corrected chi connectivity index (χ1v) is 26.1. The largest absolute Gasteiger partial charge is 0.391 e. The number of aliphatic imine (C=N–C) groups is 1. The fourth-order valence-corrected chi connectivity index (χ4v) is 11.4. The Hall–Kier alpha value is -5.18. The van der Waals surface area contributed by atoms with Crippen LogP contribution in [-0.2, 0) is 41.3 Å². The first kappa shape index (κ1) is 50.7. The summed E-state index contributed by atoms with van der Waals surface area (Å²) >= 11 is 9.43. The predicted molar refractivity (Wildman–Crippen MR) is 266 cm³/mol. The monoisotopic (exact) mass is 1000 g/mol. The summed E-state index contributed by atoms with van der Waals surface area (Å²) in [5.41, 5.74) is 7.62. The summed E-state index contributed by atoms with van der Waals surface area (Å²) in [5, 5.41) is 29.6. The number of benzene rings is 2. The number of aryl methyl sites for hydroxylation is 3. The number of likely N-dealkylation sites (tertiary alicyclic amines) is 1. The van der Waals surface area contributed by atoms with E-state index in [1.807, 2.05) is 87.7 Å². The standard InChI is InChI=1S/C48H58ClN9O7S3/c1-27-29(3)67-47-40(27)41(32-13-15-34(49)16-14-32)53-36(44-56-55-30(4)58(44)47)22-38(60)50-17-20-68(64)19-8-18-65-25-39(61)54-43(48(5,6)7)46(63)57-24-35(59)21-37(57)45(62)51-23-31-9-11-33(12-10-31)42-28(2)52-26-66-42/h9-16,26,35-37,43,59H,8,17-25H2,1-7H3,(H,50,60)(H,51,62)(H,54,61)/t35?,36?,37-,43+,68?/m0/s1. The van der Waals surface area contributed by atoms with E-state index < -0.39 is 58.2 Å². The second kappa shape index (κ2) is 22.1. The van der Waals surface area contributed by atoms with E-state index >= 15 is 0 Å². The van der Waals surface area contributed by atoms with Gasteiger partial charge in [0.05, 0.1) is 34.3 Å². The van der Waals surface area contributed by atoms with E-state index in [1.165, 1.54) is 4.90 Å². The van der Waals surface area contributed by atoms with Crippen molar-refractivity contribution in [3.8, 4) is 15.4 Å². The van der Waals surface area contributed by atoms with Crippen molar-refractivity contribution < 1.29 is 33.2 Å². The second-order valence-corrected chi connectivity index (χ2v) is 22.3. The van der Waals surface area contributed by atoms with Gasteiger partial charge >= 0.3 is 0 Å². The highest BCUT2D eigenvalue weighted by molar-refractivity contribution is 7.85. The van der Waals surface area contributed by atoms with Gasteiger partial charge in [0.25, 0.3) is 0 Å². The molecule has 3 aromatic heterocycles. The van der Waals surface area contributed by atoms with Crippen molar-refractivity contribution in [1.82, 2.24) is 40.6 Å². The lowest BCUT2D eigenvalue weighted by Gasteiger charge is -2.35. The Kier molecular flexibility index (Phi) is 16.4. The van der Waals surface area contributed by atoms with Crippen molar-refractivity contribution in [3.05, 3.63) is 104 Å². The summed E-state index contributed by atoms with van der Waals surface area (Å²) in [6.07, 6.45) is -0.415. The Morgan fingerprint density at radius 3 is 2.38 bits per heavy atom. The molecule has 0 spiro atoms. The third kappa shape index (κ3) is 12.0. The molecule has 2 aliphatic rings. The Labute approximate surface area is 411 Å². The summed E-state index contributed by atoms with van der Waals surface area (Å²) in [4.78, 5) is 67.0. The van der Waals surface area contributed by atoms with Gasteiger partial charge in [-0.05, 0) is 68.4 Å². The third-order valence-corrected chi connectivity index (χ3v) is 15.8. The molecule has 0 saturated carbocycles. The van der Waals surface area contributed by atoms with Crippen LogP contribution < -0.4 is 16.0 Å². The number of rotatable bonds is 18. The van der Waals surface area contributed by atoms with E-state index in [0.29, 0.717) is 28.8 Å². The van der Waals surface area contributed by atoms with Gasteiger partial charge in [-0.2, -0.15) is 0 Å². The molecule has 20 heteroatoms. The molecule has 5 atom stereocenters. The van der Waals surface area contributed by atoms with Gasteiger partial charge < -0.3 is 30.7 Å². The molecule has 2 aromatic carbocycles. The quantitative estimate of drug-likeness (QED) is 0.0787. The van der Waals surface area contributed by atoms with Gasteiger partial charge in [0.2, 0.25) is 23.6 Å². The molecule has 0 radical (unpaired) electrons. The number of hydrogen-bond acceptors (Lipinski definition) is 13. The Balaban J connectivity index is 0.848.